The number of carbonyl (C=O) groups is 2. The fraction of sp³-hybridized carbons (Fsp3) is 0.417. The quantitative estimate of drug-likeness (QED) is 0.545. The monoisotopic (exact) mass is 448 g/mol. The van der Waals surface area contributed by atoms with Crippen molar-refractivity contribution in [2.45, 2.75) is 65.6 Å². The summed E-state index contributed by atoms with van der Waals surface area (Å²) in [5, 5.41) is 3.99. The van der Waals surface area contributed by atoms with Gasteiger partial charge in [-0.2, -0.15) is 0 Å². The van der Waals surface area contributed by atoms with Crippen LogP contribution in [0.1, 0.15) is 50.3 Å². The van der Waals surface area contributed by atoms with Crippen molar-refractivity contribution in [2.24, 2.45) is 0 Å². The molecule has 0 aliphatic carbocycles. The molecule has 0 radical (unpaired) electrons. The van der Waals surface area contributed by atoms with Crippen LogP contribution in [0.5, 0.6) is 0 Å². The smallest absolute Gasteiger partial charge is 0.243 e. The molecule has 0 saturated heterocycles. The van der Waals surface area contributed by atoms with Crippen LogP contribution in [0.3, 0.4) is 0 Å². The normalized spacial score (nSPS) is 12.9. The van der Waals surface area contributed by atoms with E-state index < -0.39 is 6.04 Å². The molecule has 2 amide bonds. The summed E-state index contributed by atoms with van der Waals surface area (Å²) < 4.78 is 0. The van der Waals surface area contributed by atoms with Crippen LogP contribution in [-0.2, 0) is 22.6 Å². The molecule has 2 atom stereocenters. The zero-order chi connectivity index (χ0) is 22.3. The first kappa shape index (κ1) is 24.2. The van der Waals surface area contributed by atoms with E-state index in [0.717, 1.165) is 17.5 Å². The Labute approximate surface area is 189 Å². The van der Waals surface area contributed by atoms with Gasteiger partial charge in [0.05, 0.1) is 6.42 Å². The zero-order valence-electron chi connectivity index (χ0n) is 18.0. The van der Waals surface area contributed by atoms with Crippen LogP contribution in [-0.4, -0.2) is 28.8 Å². The minimum atomic E-state index is -0.557. The first-order valence-electron chi connectivity index (χ1n) is 10.3. The van der Waals surface area contributed by atoms with Crippen molar-refractivity contribution in [3.05, 3.63) is 69.2 Å². The molecule has 162 valence electrons. The van der Waals surface area contributed by atoms with Gasteiger partial charge in [0.1, 0.15) is 6.04 Å². The molecular weight excluding hydrogens is 419 g/mol. The number of nitrogens with zero attached hydrogens (tertiary/aromatic N) is 1. The molecule has 0 aliphatic rings. The molecule has 2 unspecified atom stereocenters. The van der Waals surface area contributed by atoms with Gasteiger partial charge in [-0.1, -0.05) is 72.9 Å². The van der Waals surface area contributed by atoms with E-state index in [4.69, 9.17) is 23.2 Å². The predicted molar refractivity (Wildman–Crippen MR) is 124 cm³/mol. The predicted octanol–water partition coefficient (Wildman–Crippen LogP) is 5.57. The fourth-order valence-electron chi connectivity index (χ4n) is 3.30. The number of halogens is 2. The zero-order valence-corrected chi connectivity index (χ0v) is 19.6. The Balaban J connectivity index is 2.32. The van der Waals surface area contributed by atoms with Gasteiger partial charge in [0.25, 0.3) is 0 Å². The highest BCUT2D eigenvalue weighted by molar-refractivity contribution is 6.35. The molecular formula is C24H30Cl2N2O2. The highest BCUT2D eigenvalue weighted by Gasteiger charge is 2.29. The summed E-state index contributed by atoms with van der Waals surface area (Å²) in [4.78, 5) is 28.0. The third kappa shape index (κ3) is 6.75. The van der Waals surface area contributed by atoms with Gasteiger partial charge in [-0.3, -0.25) is 9.59 Å². The Hall–Kier alpha value is -2.04. The molecule has 0 saturated carbocycles. The molecule has 0 fully saturated rings. The highest BCUT2D eigenvalue weighted by Crippen LogP contribution is 2.23. The van der Waals surface area contributed by atoms with Crippen molar-refractivity contribution >= 4 is 35.0 Å². The summed E-state index contributed by atoms with van der Waals surface area (Å²) in [5.74, 6) is -0.276. The number of aryl methyl sites for hydroxylation is 1. The summed E-state index contributed by atoms with van der Waals surface area (Å²) in [6.45, 7) is 8.27. The van der Waals surface area contributed by atoms with Crippen LogP contribution < -0.4 is 5.32 Å². The fourth-order valence-corrected chi connectivity index (χ4v) is 3.77. The minimum Gasteiger partial charge on any atom is -0.352 e. The lowest BCUT2D eigenvalue weighted by atomic mass is 10.1. The first-order valence-corrected chi connectivity index (χ1v) is 11.1. The van der Waals surface area contributed by atoms with Crippen molar-refractivity contribution in [1.29, 1.82) is 0 Å². The lowest BCUT2D eigenvalue weighted by Crippen LogP contribution is -2.51. The molecule has 0 aliphatic heterocycles. The Morgan fingerprint density at radius 2 is 1.80 bits per heavy atom. The van der Waals surface area contributed by atoms with Gasteiger partial charge in [0.2, 0.25) is 11.8 Å². The van der Waals surface area contributed by atoms with Crippen LogP contribution in [0.4, 0.5) is 0 Å². The summed E-state index contributed by atoms with van der Waals surface area (Å²) in [6.07, 6.45) is 1.46. The van der Waals surface area contributed by atoms with E-state index in [1.807, 2.05) is 52.0 Å². The molecule has 30 heavy (non-hydrogen) atoms. The summed E-state index contributed by atoms with van der Waals surface area (Å²) in [7, 11) is 0. The standard InChI is InChI=1S/C24H30Cl2N2O2/c1-5-17(4)27-24(30)22(6-2)28(15-18-9-7-8-16(3)12-18)23(29)13-19-10-11-20(25)14-21(19)26/h7-12,14,17,22H,5-6,13,15H2,1-4H3,(H,27,30). The van der Waals surface area contributed by atoms with Crippen LogP contribution in [0.2, 0.25) is 10.0 Å². The van der Waals surface area contributed by atoms with E-state index in [-0.39, 0.29) is 24.3 Å². The molecule has 2 aromatic rings. The maximum absolute atomic E-state index is 13.4. The average molecular weight is 449 g/mol. The second-order valence-corrected chi connectivity index (χ2v) is 8.51. The molecule has 0 heterocycles. The van der Waals surface area contributed by atoms with Crippen molar-refractivity contribution in [3.63, 3.8) is 0 Å². The van der Waals surface area contributed by atoms with Gasteiger partial charge < -0.3 is 10.2 Å². The van der Waals surface area contributed by atoms with Crippen LogP contribution >= 0.6 is 23.2 Å². The van der Waals surface area contributed by atoms with E-state index >= 15 is 0 Å². The number of nitrogens with one attached hydrogen (secondary N) is 1. The Kier molecular flexibility index (Phi) is 9.19. The number of carbonyl (C=O) groups excluding carboxylic acids is 2. The van der Waals surface area contributed by atoms with Gasteiger partial charge in [0.15, 0.2) is 0 Å². The van der Waals surface area contributed by atoms with Crippen molar-refractivity contribution in [1.82, 2.24) is 10.2 Å². The second kappa shape index (κ2) is 11.4. The third-order valence-corrected chi connectivity index (χ3v) is 5.77. The number of hydrogen-bond donors (Lipinski definition) is 1. The van der Waals surface area contributed by atoms with Gasteiger partial charge in [-0.25, -0.2) is 0 Å². The molecule has 2 aromatic carbocycles. The number of rotatable bonds is 9. The SMILES string of the molecule is CCC(C)NC(=O)C(CC)N(Cc1cccc(C)c1)C(=O)Cc1ccc(Cl)cc1Cl. The highest BCUT2D eigenvalue weighted by atomic mass is 35.5. The average Bonchev–Trinajstić information content (AvgIpc) is 2.69. The Bertz CT molecular complexity index is 885. The van der Waals surface area contributed by atoms with E-state index in [0.29, 0.717) is 28.6 Å². The third-order valence-electron chi connectivity index (χ3n) is 5.18. The molecule has 4 nitrogen and oxygen atoms in total. The van der Waals surface area contributed by atoms with Crippen molar-refractivity contribution in [3.8, 4) is 0 Å². The lowest BCUT2D eigenvalue weighted by molar-refractivity contribution is -0.141. The van der Waals surface area contributed by atoms with E-state index in [9.17, 15) is 9.59 Å². The summed E-state index contributed by atoms with van der Waals surface area (Å²) >= 11 is 12.3. The summed E-state index contributed by atoms with van der Waals surface area (Å²) in [5.41, 5.74) is 2.79. The van der Waals surface area contributed by atoms with Gasteiger partial charge >= 0.3 is 0 Å². The first-order chi connectivity index (χ1) is 14.2. The van der Waals surface area contributed by atoms with E-state index in [1.54, 1.807) is 23.1 Å². The summed E-state index contributed by atoms with van der Waals surface area (Å²) in [6, 6.07) is 12.6. The number of benzene rings is 2. The van der Waals surface area contributed by atoms with E-state index in [2.05, 4.69) is 5.32 Å². The molecule has 0 spiro atoms. The van der Waals surface area contributed by atoms with Gasteiger partial charge in [0, 0.05) is 22.6 Å². The molecule has 2 rings (SSSR count). The van der Waals surface area contributed by atoms with E-state index in [1.165, 1.54) is 0 Å². The Morgan fingerprint density at radius 1 is 1.07 bits per heavy atom. The van der Waals surface area contributed by atoms with Gasteiger partial charge in [-0.05, 0) is 49.9 Å². The van der Waals surface area contributed by atoms with Crippen LogP contribution in [0.15, 0.2) is 42.5 Å². The van der Waals surface area contributed by atoms with Crippen LogP contribution in [0.25, 0.3) is 0 Å². The maximum Gasteiger partial charge on any atom is 0.243 e. The molecule has 6 heteroatoms. The van der Waals surface area contributed by atoms with Crippen molar-refractivity contribution < 1.29 is 9.59 Å². The lowest BCUT2D eigenvalue weighted by Gasteiger charge is -2.31. The van der Waals surface area contributed by atoms with Gasteiger partial charge in [-0.15, -0.1) is 0 Å². The largest absolute Gasteiger partial charge is 0.352 e. The Morgan fingerprint density at radius 3 is 2.40 bits per heavy atom. The maximum atomic E-state index is 13.4. The minimum absolute atomic E-state index is 0.0492. The number of amides is 2. The molecule has 0 bridgehead atoms. The number of hydrogen-bond acceptors (Lipinski definition) is 2. The second-order valence-electron chi connectivity index (χ2n) is 7.67. The topological polar surface area (TPSA) is 49.4 Å². The van der Waals surface area contributed by atoms with Crippen LogP contribution in [0, 0.1) is 6.92 Å². The molecule has 1 N–H and O–H groups in total. The molecule has 0 aromatic heterocycles. The van der Waals surface area contributed by atoms with Crippen molar-refractivity contribution in [2.75, 3.05) is 0 Å².